The molecule has 1 N–H and O–H groups in total. The van der Waals surface area contributed by atoms with Crippen LogP contribution in [0.3, 0.4) is 0 Å². The second-order valence-electron chi connectivity index (χ2n) is 8.66. The summed E-state index contributed by atoms with van der Waals surface area (Å²) in [6.45, 7) is 8.57. The van der Waals surface area contributed by atoms with E-state index >= 15 is 0 Å². The first-order chi connectivity index (χ1) is 15.2. The average molecular weight is 433 g/mol. The molecule has 1 aromatic rings. The molecule has 0 aromatic heterocycles. The zero-order chi connectivity index (χ0) is 21.9. The van der Waals surface area contributed by atoms with Gasteiger partial charge in [-0.1, -0.05) is 12.1 Å². The smallest absolute Gasteiger partial charge is 0.193 e. The molecule has 174 valence electrons. The fourth-order valence-electron chi connectivity index (χ4n) is 4.46. The normalized spacial score (nSPS) is 20.9. The molecule has 31 heavy (non-hydrogen) atoms. The molecule has 2 heterocycles. The molecule has 0 amide bonds. The monoisotopic (exact) mass is 432 g/mol. The fourth-order valence-corrected chi connectivity index (χ4v) is 4.46. The first kappa shape index (κ1) is 23.8. The van der Waals surface area contributed by atoms with Crippen molar-refractivity contribution in [3.63, 3.8) is 0 Å². The first-order valence-corrected chi connectivity index (χ1v) is 11.6. The minimum atomic E-state index is 0.580. The van der Waals surface area contributed by atoms with Crippen LogP contribution in [0.2, 0.25) is 0 Å². The number of rotatable bonds is 10. The molecule has 0 spiro atoms. The van der Waals surface area contributed by atoms with Crippen LogP contribution < -0.4 is 10.1 Å². The van der Waals surface area contributed by atoms with Gasteiger partial charge in [-0.2, -0.15) is 0 Å². The molecule has 2 aliphatic rings. The van der Waals surface area contributed by atoms with Crippen molar-refractivity contribution in [2.45, 2.75) is 25.8 Å². The first-order valence-electron chi connectivity index (χ1n) is 11.6. The largest absolute Gasteiger partial charge is 0.497 e. The maximum atomic E-state index is 5.72. The van der Waals surface area contributed by atoms with Crippen molar-refractivity contribution in [3.05, 3.63) is 29.8 Å². The van der Waals surface area contributed by atoms with Gasteiger partial charge in [-0.25, -0.2) is 0 Å². The number of piperidine rings is 1. The van der Waals surface area contributed by atoms with Gasteiger partial charge in [0.25, 0.3) is 0 Å². The summed E-state index contributed by atoms with van der Waals surface area (Å²) < 4.78 is 16.0. The minimum absolute atomic E-state index is 0.580. The highest BCUT2D eigenvalue weighted by Gasteiger charge is 2.26. The quantitative estimate of drug-likeness (QED) is 0.348. The van der Waals surface area contributed by atoms with E-state index in [1.807, 2.05) is 19.2 Å². The van der Waals surface area contributed by atoms with Gasteiger partial charge < -0.3 is 24.4 Å². The highest BCUT2D eigenvalue weighted by molar-refractivity contribution is 5.80. The van der Waals surface area contributed by atoms with Crippen LogP contribution in [0.4, 0.5) is 0 Å². The number of nitrogens with one attached hydrogen (secondary N) is 1. The number of ether oxygens (including phenoxy) is 3. The van der Waals surface area contributed by atoms with Gasteiger partial charge >= 0.3 is 0 Å². The number of benzene rings is 1. The summed E-state index contributed by atoms with van der Waals surface area (Å²) in [5, 5.41) is 3.64. The van der Waals surface area contributed by atoms with Gasteiger partial charge in [0.2, 0.25) is 0 Å². The van der Waals surface area contributed by atoms with E-state index in [1.54, 1.807) is 14.2 Å². The van der Waals surface area contributed by atoms with Crippen LogP contribution in [0, 0.1) is 11.8 Å². The number of hydrogen-bond donors (Lipinski definition) is 1. The van der Waals surface area contributed by atoms with E-state index in [0.29, 0.717) is 25.0 Å². The Morgan fingerprint density at radius 3 is 2.45 bits per heavy atom. The topological polar surface area (TPSA) is 58.6 Å². The third-order valence-electron chi connectivity index (χ3n) is 6.40. The Balaban J connectivity index is 1.33. The summed E-state index contributed by atoms with van der Waals surface area (Å²) in [6, 6.07) is 8.43. The Morgan fingerprint density at radius 1 is 1.03 bits per heavy atom. The molecular weight excluding hydrogens is 392 g/mol. The van der Waals surface area contributed by atoms with Gasteiger partial charge in [-0.3, -0.25) is 9.89 Å². The molecule has 3 rings (SSSR count). The average Bonchev–Trinajstić information content (AvgIpc) is 3.27. The van der Waals surface area contributed by atoms with Crippen LogP contribution >= 0.6 is 0 Å². The molecule has 2 fully saturated rings. The highest BCUT2D eigenvalue weighted by atomic mass is 16.5. The Bertz CT molecular complexity index is 659. The standard InChI is InChI=1S/C24H40N4O3/c1-25-24(28-13-10-22(18-28)19-31-15-14-29-2)26-16-20-8-11-27(12-9-20)17-21-4-6-23(30-3)7-5-21/h4-7,20,22H,8-19H2,1-3H3,(H,25,26). The third-order valence-corrected chi connectivity index (χ3v) is 6.40. The zero-order valence-electron chi connectivity index (χ0n) is 19.5. The summed E-state index contributed by atoms with van der Waals surface area (Å²) >= 11 is 0. The van der Waals surface area contributed by atoms with Crippen LogP contribution in [0.1, 0.15) is 24.8 Å². The lowest BCUT2D eigenvalue weighted by Crippen LogP contribution is -2.44. The SMILES string of the molecule is CN=C(NCC1CCN(Cc2ccc(OC)cc2)CC1)N1CCC(COCCOC)C1. The van der Waals surface area contributed by atoms with Gasteiger partial charge in [0, 0.05) is 46.3 Å². The van der Waals surface area contributed by atoms with Crippen molar-refractivity contribution in [2.75, 3.05) is 73.8 Å². The van der Waals surface area contributed by atoms with Crippen LogP contribution in [-0.2, 0) is 16.0 Å². The lowest BCUT2D eigenvalue weighted by Gasteiger charge is -2.33. The van der Waals surface area contributed by atoms with Gasteiger partial charge in [0.05, 0.1) is 26.9 Å². The van der Waals surface area contributed by atoms with E-state index in [1.165, 1.54) is 18.4 Å². The van der Waals surface area contributed by atoms with Crippen molar-refractivity contribution in [2.24, 2.45) is 16.8 Å². The molecule has 0 aliphatic carbocycles. The van der Waals surface area contributed by atoms with E-state index < -0.39 is 0 Å². The number of nitrogens with zero attached hydrogens (tertiary/aromatic N) is 3. The third kappa shape index (κ3) is 7.66. The lowest BCUT2D eigenvalue weighted by molar-refractivity contribution is 0.0536. The second-order valence-corrected chi connectivity index (χ2v) is 8.66. The van der Waals surface area contributed by atoms with E-state index in [2.05, 4.69) is 32.2 Å². The van der Waals surface area contributed by atoms with E-state index in [0.717, 1.165) is 64.0 Å². The molecular formula is C24H40N4O3. The van der Waals surface area contributed by atoms with Crippen molar-refractivity contribution in [1.82, 2.24) is 15.1 Å². The van der Waals surface area contributed by atoms with Crippen LogP contribution in [0.5, 0.6) is 5.75 Å². The van der Waals surface area contributed by atoms with Gasteiger partial charge in [-0.05, 0) is 56.0 Å². The predicted octanol–water partition coefficient (Wildman–Crippen LogP) is 2.47. The van der Waals surface area contributed by atoms with Crippen molar-refractivity contribution in [1.29, 1.82) is 0 Å². The summed E-state index contributed by atoms with van der Waals surface area (Å²) in [6.07, 6.45) is 3.63. The summed E-state index contributed by atoms with van der Waals surface area (Å²) in [5.41, 5.74) is 1.35. The van der Waals surface area contributed by atoms with E-state index in [4.69, 9.17) is 14.2 Å². The summed E-state index contributed by atoms with van der Waals surface area (Å²) in [4.78, 5) is 9.47. The number of guanidine groups is 1. The van der Waals surface area contributed by atoms with E-state index in [9.17, 15) is 0 Å². The zero-order valence-corrected chi connectivity index (χ0v) is 19.5. The number of aliphatic imine (C=N–C) groups is 1. The van der Waals surface area contributed by atoms with Crippen molar-refractivity contribution < 1.29 is 14.2 Å². The Hall–Kier alpha value is -1.83. The van der Waals surface area contributed by atoms with Crippen LogP contribution in [0.25, 0.3) is 0 Å². The maximum absolute atomic E-state index is 5.72. The summed E-state index contributed by atoms with van der Waals surface area (Å²) in [7, 11) is 5.31. The Morgan fingerprint density at radius 2 is 1.77 bits per heavy atom. The number of likely N-dealkylation sites (tertiary alicyclic amines) is 2. The molecule has 2 aliphatic heterocycles. The van der Waals surface area contributed by atoms with E-state index in [-0.39, 0.29) is 0 Å². The fraction of sp³-hybridized carbons (Fsp3) is 0.708. The molecule has 1 unspecified atom stereocenters. The van der Waals surface area contributed by atoms with Crippen LogP contribution in [0.15, 0.2) is 29.3 Å². The molecule has 7 heteroatoms. The maximum Gasteiger partial charge on any atom is 0.193 e. The predicted molar refractivity (Wildman–Crippen MR) is 125 cm³/mol. The number of hydrogen-bond acceptors (Lipinski definition) is 5. The summed E-state index contributed by atoms with van der Waals surface area (Å²) in [5.74, 6) is 3.25. The minimum Gasteiger partial charge on any atom is -0.497 e. The molecule has 0 saturated carbocycles. The van der Waals surface area contributed by atoms with Crippen molar-refractivity contribution in [3.8, 4) is 5.75 Å². The van der Waals surface area contributed by atoms with Crippen molar-refractivity contribution >= 4 is 5.96 Å². The molecule has 0 radical (unpaired) electrons. The molecule has 7 nitrogen and oxygen atoms in total. The Labute approximate surface area is 187 Å². The Kier molecular flexibility index (Phi) is 9.90. The van der Waals surface area contributed by atoms with Crippen LogP contribution in [-0.4, -0.2) is 89.6 Å². The second kappa shape index (κ2) is 12.9. The highest BCUT2D eigenvalue weighted by Crippen LogP contribution is 2.21. The lowest BCUT2D eigenvalue weighted by atomic mass is 9.96. The molecule has 0 bridgehead atoms. The van der Waals surface area contributed by atoms with Gasteiger partial charge in [0.1, 0.15) is 5.75 Å². The number of methoxy groups -OCH3 is 2. The van der Waals surface area contributed by atoms with Gasteiger partial charge in [-0.15, -0.1) is 0 Å². The van der Waals surface area contributed by atoms with Gasteiger partial charge in [0.15, 0.2) is 5.96 Å². The molecule has 1 aromatic carbocycles. The molecule has 1 atom stereocenters. The molecule has 2 saturated heterocycles.